The quantitative estimate of drug-likeness (QED) is 0.287. The van der Waals surface area contributed by atoms with Gasteiger partial charge in [-0.2, -0.15) is 26.3 Å². The fourth-order valence-corrected chi connectivity index (χ4v) is 2.74. The molecule has 0 spiro atoms. The van der Waals surface area contributed by atoms with Crippen molar-refractivity contribution in [1.29, 1.82) is 0 Å². The van der Waals surface area contributed by atoms with E-state index in [0.29, 0.717) is 17.7 Å². The predicted molar refractivity (Wildman–Crippen MR) is 105 cm³/mol. The van der Waals surface area contributed by atoms with Crippen molar-refractivity contribution in [2.45, 2.75) is 32.3 Å². The molecule has 1 aromatic carbocycles. The van der Waals surface area contributed by atoms with Crippen LogP contribution in [0, 0.1) is 0 Å². The topological polar surface area (TPSA) is 69.9 Å². The van der Waals surface area contributed by atoms with Crippen molar-refractivity contribution in [2.75, 3.05) is 0 Å². The largest absolute Gasteiger partial charge is 0.459 e. The molecule has 6 nitrogen and oxygen atoms in total. The zero-order valence-electron chi connectivity index (χ0n) is 17.1. The van der Waals surface area contributed by atoms with E-state index < -0.39 is 46.9 Å². The highest BCUT2D eigenvalue weighted by Crippen LogP contribution is 2.38. The Morgan fingerprint density at radius 1 is 1.00 bits per heavy atom. The molecule has 0 unspecified atom stereocenters. The third-order valence-corrected chi connectivity index (χ3v) is 4.17. The van der Waals surface area contributed by atoms with E-state index in [9.17, 15) is 31.1 Å². The normalized spacial score (nSPS) is 12.8. The minimum absolute atomic E-state index is 0.0177. The molecule has 12 heteroatoms. The zero-order valence-corrected chi connectivity index (χ0v) is 17.1. The highest BCUT2D eigenvalue weighted by molar-refractivity contribution is 6.20. The van der Waals surface area contributed by atoms with Gasteiger partial charge < -0.3 is 4.74 Å². The molecular formula is C21H16F6N4O2. The lowest BCUT2D eigenvalue weighted by atomic mass is 10.0. The first kappa shape index (κ1) is 24.0. The van der Waals surface area contributed by atoms with E-state index in [4.69, 9.17) is 4.74 Å². The summed E-state index contributed by atoms with van der Waals surface area (Å²) >= 11 is 0. The van der Waals surface area contributed by atoms with Crippen molar-refractivity contribution in [2.24, 2.45) is 0 Å². The SMILES string of the molecule is CC(C)OC(=O)/C(=C\n1cnc(-c2cc(C(F)(F)F)cc(C(F)(F)F)c2)n1)c1ccncc1. The van der Waals surface area contributed by atoms with Gasteiger partial charge in [-0.1, -0.05) is 0 Å². The summed E-state index contributed by atoms with van der Waals surface area (Å²) in [6, 6.07) is 4.11. The molecule has 0 saturated carbocycles. The second-order valence-corrected chi connectivity index (χ2v) is 7.08. The van der Waals surface area contributed by atoms with Gasteiger partial charge in [-0.3, -0.25) is 4.98 Å². The smallest absolute Gasteiger partial charge is 0.416 e. The Morgan fingerprint density at radius 2 is 1.58 bits per heavy atom. The average molecular weight is 470 g/mol. The lowest BCUT2D eigenvalue weighted by Gasteiger charge is -2.13. The maximum Gasteiger partial charge on any atom is 0.416 e. The Kier molecular flexibility index (Phi) is 6.56. The summed E-state index contributed by atoms with van der Waals surface area (Å²) in [5.41, 5.74) is -3.03. The molecule has 2 heterocycles. The Labute approximate surface area is 183 Å². The summed E-state index contributed by atoms with van der Waals surface area (Å²) in [6.45, 7) is 3.28. The maximum atomic E-state index is 13.1. The number of rotatable bonds is 5. The first-order valence-electron chi connectivity index (χ1n) is 9.39. The Hall–Kier alpha value is -3.70. The third-order valence-electron chi connectivity index (χ3n) is 4.17. The van der Waals surface area contributed by atoms with Gasteiger partial charge in [0.25, 0.3) is 0 Å². The molecule has 2 aromatic heterocycles. The second-order valence-electron chi connectivity index (χ2n) is 7.08. The van der Waals surface area contributed by atoms with Gasteiger partial charge in [-0.15, -0.1) is 5.10 Å². The molecule has 3 aromatic rings. The number of carbonyl (C=O) groups is 1. The number of pyridine rings is 1. The molecule has 0 bridgehead atoms. The summed E-state index contributed by atoms with van der Waals surface area (Å²) in [7, 11) is 0. The van der Waals surface area contributed by atoms with Crippen LogP contribution >= 0.6 is 0 Å². The van der Waals surface area contributed by atoms with Crippen LogP contribution in [-0.4, -0.2) is 31.8 Å². The Bertz CT molecular complexity index is 1140. The minimum atomic E-state index is -5.01. The van der Waals surface area contributed by atoms with Gasteiger partial charge in [0.2, 0.25) is 0 Å². The number of carbonyl (C=O) groups excluding carboxylic acids is 1. The fraction of sp³-hybridized carbons (Fsp3) is 0.238. The monoisotopic (exact) mass is 470 g/mol. The first-order chi connectivity index (χ1) is 15.3. The van der Waals surface area contributed by atoms with E-state index in [-0.39, 0.29) is 11.6 Å². The number of benzene rings is 1. The van der Waals surface area contributed by atoms with Crippen LogP contribution in [0.1, 0.15) is 30.5 Å². The number of halogens is 6. The highest BCUT2D eigenvalue weighted by Gasteiger charge is 2.37. The fourth-order valence-electron chi connectivity index (χ4n) is 2.74. The van der Waals surface area contributed by atoms with Gasteiger partial charge in [-0.25, -0.2) is 14.5 Å². The maximum absolute atomic E-state index is 13.1. The van der Waals surface area contributed by atoms with E-state index in [1.807, 2.05) is 0 Å². The molecule has 0 aliphatic carbocycles. The number of alkyl halides is 6. The van der Waals surface area contributed by atoms with E-state index in [0.717, 1.165) is 11.0 Å². The molecular weight excluding hydrogens is 454 g/mol. The summed E-state index contributed by atoms with van der Waals surface area (Å²) in [5.74, 6) is -1.11. The second kappa shape index (κ2) is 9.04. The third kappa shape index (κ3) is 5.96. The number of nitrogens with zero attached hydrogens (tertiary/aromatic N) is 4. The van der Waals surface area contributed by atoms with Crippen LogP contribution < -0.4 is 0 Å². The van der Waals surface area contributed by atoms with Crippen molar-refractivity contribution in [3.63, 3.8) is 0 Å². The van der Waals surface area contributed by atoms with Crippen molar-refractivity contribution in [1.82, 2.24) is 19.7 Å². The summed E-state index contributed by atoms with van der Waals surface area (Å²) in [4.78, 5) is 20.2. The van der Waals surface area contributed by atoms with E-state index in [1.165, 1.54) is 30.7 Å². The van der Waals surface area contributed by atoms with Crippen LogP contribution in [0.2, 0.25) is 0 Å². The van der Waals surface area contributed by atoms with Crippen molar-refractivity contribution < 1.29 is 35.9 Å². The van der Waals surface area contributed by atoms with Crippen LogP contribution in [-0.2, 0) is 21.9 Å². The molecule has 174 valence electrons. The molecule has 0 atom stereocenters. The van der Waals surface area contributed by atoms with Crippen LogP contribution in [0.5, 0.6) is 0 Å². The zero-order chi connectivity index (χ0) is 24.4. The van der Waals surface area contributed by atoms with Crippen LogP contribution in [0.4, 0.5) is 26.3 Å². The minimum Gasteiger partial charge on any atom is -0.459 e. The van der Waals surface area contributed by atoms with Crippen molar-refractivity contribution >= 4 is 17.7 Å². The molecule has 33 heavy (non-hydrogen) atoms. The molecule has 0 N–H and O–H groups in total. The van der Waals surface area contributed by atoms with Gasteiger partial charge >= 0.3 is 18.3 Å². The van der Waals surface area contributed by atoms with Gasteiger partial charge in [0.05, 0.1) is 22.8 Å². The summed E-state index contributed by atoms with van der Waals surface area (Å²) < 4.78 is 85.0. The molecule has 0 saturated heterocycles. The van der Waals surface area contributed by atoms with Gasteiger partial charge in [-0.05, 0) is 49.7 Å². The van der Waals surface area contributed by atoms with Crippen LogP contribution in [0.15, 0.2) is 49.1 Å². The van der Waals surface area contributed by atoms with Crippen molar-refractivity contribution in [3.8, 4) is 11.4 Å². The van der Waals surface area contributed by atoms with Gasteiger partial charge in [0.15, 0.2) is 5.82 Å². The molecule has 0 aliphatic rings. The predicted octanol–water partition coefficient (Wildman–Crippen LogP) is 5.33. The van der Waals surface area contributed by atoms with Crippen LogP contribution in [0.3, 0.4) is 0 Å². The standard InChI is InChI=1S/C21H16F6N4O2/c1-12(2)33-19(32)17(13-3-5-28-6-4-13)10-31-11-29-18(30-31)14-7-15(20(22,23)24)9-16(8-14)21(25,26)27/h3-12H,1-2H3/b17-10-. The van der Waals surface area contributed by atoms with Crippen molar-refractivity contribution in [3.05, 3.63) is 65.7 Å². The number of hydrogen-bond donors (Lipinski definition) is 0. The van der Waals surface area contributed by atoms with E-state index >= 15 is 0 Å². The van der Waals surface area contributed by atoms with E-state index in [2.05, 4.69) is 15.1 Å². The van der Waals surface area contributed by atoms with Crippen LogP contribution in [0.25, 0.3) is 23.2 Å². The Balaban J connectivity index is 2.06. The number of esters is 1. The molecule has 0 fully saturated rings. The Morgan fingerprint density at radius 3 is 2.09 bits per heavy atom. The lowest BCUT2D eigenvalue weighted by molar-refractivity contribution is -0.143. The van der Waals surface area contributed by atoms with Gasteiger partial charge in [0.1, 0.15) is 6.33 Å². The summed E-state index contributed by atoms with van der Waals surface area (Å²) in [6.07, 6.45) is -5.34. The lowest BCUT2D eigenvalue weighted by Crippen LogP contribution is -2.13. The number of ether oxygens (including phenoxy) is 1. The number of hydrogen-bond acceptors (Lipinski definition) is 5. The first-order valence-corrected chi connectivity index (χ1v) is 9.39. The molecule has 3 rings (SSSR count). The van der Waals surface area contributed by atoms with E-state index in [1.54, 1.807) is 13.8 Å². The summed E-state index contributed by atoms with van der Waals surface area (Å²) in [5, 5.41) is 3.92. The molecule has 0 radical (unpaired) electrons. The molecule has 0 aliphatic heterocycles. The number of aromatic nitrogens is 4. The van der Waals surface area contributed by atoms with Gasteiger partial charge in [0, 0.05) is 24.2 Å². The average Bonchev–Trinajstić information content (AvgIpc) is 3.19. The highest BCUT2D eigenvalue weighted by atomic mass is 19.4. The molecule has 0 amide bonds.